The van der Waals surface area contributed by atoms with Gasteiger partial charge in [0.15, 0.2) is 17.3 Å². The third kappa shape index (κ3) is 4.78. The molecule has 2 aromatic rings. The second kappa shape index (κ2) is 8.94. The number of ether oxygens (including phenoxy) is 2. The van der Waals surface area contributed by atoms with Crippen LogP contribution in [0.5, 0.6) is 5.75 Å². The molecule has 0 aliphatic rings. The Bertz CT molecular complexity index is 814. The number of carbonyl (C=O) groups excluding carboxylic acids is 2. The smallest absolute Gasteiger partial charge is 0.313 e. The fraction of sp³-hybridized carbons (Fsp3) is 0.316. The monoisotopic (exact) mass is 360 g/mol. The normalized spacial score (nSPS) is 10.4. The topological polar surface area (TPSA) is 70.4 Å². The van der Waals surface area contributed by atoms with Crippen LogP contribution in [0, 0.1) is 5.82 Å². The summed E-state index contributed by atoms with van der Waals surface area (Å²) < 4.78 is 25.8. The fourth-order valence-corrected chi connectivity index (χ4v) is 2.53. The predicted molar refractivity (Wildman–Crippen MR) is 93.7 cm³/mol. The van der Waals surface area contributed by atoms with E-state index < -0.39 is 17.6 Å². The molecule has 0 unspecified atom stereocenters. The van der Waals surface area contributed by atoms with Crippen LogP contribution in [-0.4, -0.2) is 34.7 Å². The Morgan fingerprint density at radius 1 is 1.35 bits per heavy atom. The highest BCUT2D eigenvalue weighted by Gasteiger charge is 2.21. The number of nitrogens with zero attached hydrogens (tertiary/aromatic N) is 2. The van der Waals surface area contributed by atoms with Crippen LogP contribution in [0.15, 0.2) is 37.1 Å². The SMILES string of the molecule is C=CCOc1c(F)cccc1Cc1cn(C)nc1C(=O)CC(=O)OCC. The molecule has 138 valence electrons. The van der Waals surface area contributed by atoms with Gasteiger partial charge < -0.3 is 9.47 Å². The lowest BCUT2D eigenvalue weighted by Crippen LogP contribution is -2.13. The largest absolute Gasteiger partial charge is 0.486 e. The van der Waals surface area contributed by atoms with Gasteiger partial charge in [-0.15, -0.1) is 0 Å². The van der Waals surface area contributed by atoms with E-state index in [1.165, 1.54) is 16.8 Å². The molecule has 0 fully saturated rings. The summed E-state index contributed by atoms with van der Waals surface area (Å²) in [6.45, 7) is 5.59. The number of hydrogen-bond donors (Lipinski definition) is 0. The molecule has 1 heterocycles. The number of benzene rings is 1. The van der Waals surface area contributed by atoms with Crippen molar-refractivity contribution < 1.29 is 23.5 Å². The van der Waals surface area contributed by atoms with Crippen LogP contribution >= 0.6 is 0 Å². The summed E-state index contributed by atoms with van der Waals surface area (Å²) in [5.74, 6) is -1.42. The molecule has 0 saturated carbocycles. The molecule has 0 N–H and O–H groups in total. The van der Waals surface area contributed by atoms with E-state index in [1.807, 2.05) is 0 Å². The molecule has 0 radical (unpaired) electrons. The lowest BCUT2D eigenvalue weighted by Gasteiger charge is -2.11. The Balaban J connectivity index is 2.28. The van der Waals surface area contributed by atoms with Gasteiger partial charge in [0.05, 0.1) is 6.61 Å². The van der Waals surface area contributed by atoms with E-state index in [-0.39, 0.29) is 37.5 Å². The Morgan fingerprint density at radius 2 is 2.12 bits per heavy atom. The van der Waals surface area contributed by atoms with Crippen LogP contribution in [0.3, 0.4) is 0 Å². The zero-order chi connectivity index (χ0) is 19.1. The van der Waals surface area contributed by atoms with Crippen LogP contribution in [-0.2, 0) is 23.0 Å². The number of ketones is 1. The zero-order valence-corrected chi connectivity index (χ0v) is 14.8. The highest BCUT2D eigenvalue weighted by Crippen LogP contribution is 2.26. The van der Waals surface area contributed by atoms with E-state index >= 15 is 0 Å². The van der Waals surface area contributed by atoms with Crippen LogP contribution < -0.4 is 4.74 Å². The second-order valence-corrected chi connectivity index (χ2v) is 5.59. The van der Waals surface area contributed by atoms with E-state index in [0.717, 1.165) is 0 Å². The molecule has 1 aromatic heterocycles. The Hall–Kier alpha value is -2.96. The molecule has 0 bridgehead atoms. The van der Waals surface area contributed by atoms with Gasteiger partial charge in [-0.3, -0.25) is 14.3 Å². The minimum absolute atomic E-state index is 0.111. The Kier molecular flexibility index (Phi) is 6.66. The Labute approximate surface area is 151 Å². The van der Waals surface area contributed by atoms with Crippen molar-refractivity contribution in [3.63, 3.8) is 0 Å². The first-order chi connectivity index (χ1) is 12.5. The van der Waals surface area contributed by atoms with Crippen molar-refractivity contribution >= 4 is 11.8 Å². The molecule has 7 heteroatoms. The van der Waals surface area contributed by atoms with Crippen LogP contribution in [0.2, 0.25) is 0 Å². The van der Waals surface area contributed by atoms with Crippen molar-refractivity contribution in [2.24, 2.45) is 7.05 Å². The molecule has 0 atom stereocenters. The van der Waals surface area contributed by atoms with Gasteiger partial charge in [0.1, 0.15) is 18.7 Å². The first kappa shape index (κ1) is 19.4. The van der Waals surface area contributed by atoms with Crippen molar-refractivity contribution in [2.45, 2.75) is 19.8 Å². The van der Waals surface area contributed by atoms with Crippen LogP contribution in [0.1, 0.15) is 35.0 Å². The van der Waals surface area contributed by atoms with Gasteiger partial charge in [-0.1, -0.05) is 24.8 Å². The molecule has 0 amide bonds. The van der Waals surface area contributed by atoms with Gasteiger partial charge in [-0.2, -0.15) is 5.10 Å². The molecule has 0 aliphatic heterocycles. The number of Topliss-reactive ketones (excluding diaryl/α,β-unsaturated/α-hetero) is 1. The lowest BCUT2D eigenvalue weighted by atomic mass is 10.0. The van der Waals surface area contributed by atoms with Crippen molar-refractivity contribution in [1.82, 2.24) is 9.78 Å². The average molecular weight is 360 g/mol. The maximum atomic E-state index is 14.1. The van der Waals surface area contributed by atoms with Gasteiger partial charge in [0.25, 0.3) is 0 Å². The highest BCUT2D eigenvalue weighted by atomic mass is 19.1. The first-order valence-corrected chi connectivity index (χ1v) is 8.18. The number of carbonyl (C=O) groups is 2. The van der Waals surface area contributed by atoms with Gasteiger partial charge in [0.2, 0.25) is 0 Å². The molecule has 2 rings (SSSR count). The summed E-state index contributed by atoms with van der Waals surface area (Å²) in [5, 5.41) is 4.14. The molecule has 6 nitrogen and oxygen atoms in total. The van der Waals surface area contributed by atoms with Crippen molar-refractivity contribution in [3.05, 3.63) is 59.7 Å². The molecule has 0 aliphatic carbocycles. The summed E-state index contributed by atoms with van der Waals surface area (Å²) in [7, 11) is 1.67. The summed E-state index contributed by atoms with van der Waals surface area (Å²) in [6, 6.07) is 4.59. The molecule has 0 spiro atoms. The van der Waals surface area contributed by atoms with Crippen molar-refractivity contribution in [1.29, 1.82) is 0 Å². The summed E-state index contributed by atoms with van der Waals surface area (Å²) in [6.07, 6.45) is 3.04. The summed E-state index contributed by atoms with van der Waals surface area (Å²) >= 11 is 0. The van der Waals surface area contributed by atoms with Gasteiger partial charge in [0, 0.05) is 30.8 Å². The third-order valence-corrected chi connectivity index (χ3v) is 3.55. The minimum atomic E-state index is -0.602. The average Bonchev–Trinajstić information content (AvgIpc) is 2.95. The number of para-hydroxylation sites is 1. The van der Waals surface area contributed by atoms with Gasteiger partial charge in [-0.25, -0.2) is 4.39 Å². The standard InChI is InChI=1S/C19H21FN2O4/c1-4-9-26-19-13(7-6-8-15(19)20)10-14-12-22(3)21-18(14)16(23)11-17(24)25-5-2/h4,6-8,12H,1,5,9-11H2,2-3H3. The van der Waals surface area contributed by atoms with E-state index in [9.17, 15) is 14.0 Å². The molecule has 0 saturated heterocycles. The summed E-state index contributed by atoms with van der Waals surface area (Å²) in [5.41, 5.74) is 1.32. The number of esters is 1. The predicted octanol–water partition coefficient (Wildman–Crippen LogP) is 2.85. The number of aromatic nitrogens is 2. The molecule has 26 heavy (non-hydrogen) atoms. The van der Waals surface area contributed by atoms with E-state index in [0.29, 0.717) is 11.1 Å². The van der Waals surface area contributed by atoms with Gasteiger partial charge in [-0.05, 0) is 13.0 Å². The number of halogens is 1. The maximum Gasteiger partial charge on any atom is 0.313 e. The van der Waals surface area contributed by atoms with Gasteiger partial charge >= 0.3 is 5.97 Å². The third-order valence-electron chi connectivity index (χ3n) is 3.55. The minimum Gasteiger partial charge on any atom is -0.486 e. The Morgan fingerprint density at radius 3 is 2.81 bits per heavy atom. The first-order valence-electron chi connectivity index (χ1n) is 8.18. The number of aryl methyl sites for hydroxylation is 1. The molecular formula is C19H21FN2O4. The molecular weight excluding hydrogens is 339 g/mol. The van der Waals surface area contributed by atoms with Crippen LogP contribution in [0.25, 0.3) is 0 Å². The quantitative estimate of drug-likeness (QED) is 0.298. The number of hydrogen-bond acceptors (Lipinski definition) is 5. The summed E-state index contributed by atoms with van der Waals surface area (Å²) in [4.78, 5) is 23.9. The highest BCUT2D eigenvalue weighted by molar-refractivity contribution is 6.05. The number of rotatable bonds is 9. The second-order valence-electron chi connectivity index (χ2n) is 5.59. The van der Waals surface area contributed by atoms with Crippen LogP contribution in [0.4, 0.5) is 4.39 Å². The molecule has 1 aromatic carbocycles. The maximum absolute atomic E-state index is 14.1. The van der Waals surface area contributed by atoms with E-state index in [2.05, 4.69) is 11.7 Å². The van der Waals surface area contributed by atoms with E-state index in [1.54, 1.807) is 32.3 Å². The lowest BCUT2D eigenvalue weighted by molar-refractivity contribution is -0.141. The van der Waals surface area contributed by atoms with E-state index in [4.69, 9.17) is 9.47 Å². The zero-order valence-electron chi connectivity index (χ0n) is 14.8. The van der Waals surface area contributed by atoms with Crippen molar-refractivity contribution in [3.8, 4) is 5.75 Å². The fourth-order valence-electron chi connectivity index (χ4n) is 2.53. The van der Waals surface area contributed by atoms with Crippen molar-refractivity contribution in [2.75, 3.05) is 13.2 Å².